The molecular formula is C6H12S. The van der Waals surface area contributed by atoms with Gasteiger partial charge in [0.05, 0.1) is 0 Å². The van der Waals surface area contributed by atoms with Crippen molar-refractivity contribution in [3.8, 4) is 0 Å². The fourth-order valence-electron chi connectivity index (χ4n) is 1.44. The van der Waals surface area contributed by atoms with Gasteiger partial charge in [0.25, 0.3) is 0 Å². The van der Waals surface area contributed by atoms with E-state index >= 15 is 0 Å². The zero-order valence-corrected chi connectivity index (χ0v) is 5.83. The van der Waals surface area contributed by atoms with E-state index in [1.807, 2.05) is 0 Å². The molecule has 0 atom stereocenters. The summed E-state index contributed by atoms with van der Waals surface area (Å²) in [6.45, 7) is 4.48. The van der Waals surface area contributed by atoms with Crippen LogP contribution in [-0.4, -0.2) is 4.75 Å². The number of rotatable bonds is 0. The van der Waals surface area contributed by atoms with Gasteiger partial charge in [0, 0.05) is 4.75 Å². The third kappa shape index (κ3) is 1.12. The average Bonchev–Trinajstić information content (AvgIpc) is 1.27. The first-order chi connectivity index (χ1) is 3.10. The molecule has 0 nitrogen and oxygen atoms in total. The van der Waals surface area contributed by atoms with Gasteiger partial charge in [0.15, 0.2) is 0 Å². The second-order valence-electron chi connectivity index (χ2n) is 3.01. The largest absolute Gasteiger partial charge is 0.173 e. The van der Waals surface area contributed by atoms with E-state index < -0.39 is 0 Å². The normalized spacial score (nSPS) is 51.0. The van der Waals surface area contributed by atoms with Gasteiger partial charge in [-0.15, -0.1) is 0 Å². The first kappa shape index (κ1) is 5.49. The summed E-state index contributed by atoms with van der Waals surface area (Å²) < 4.78 is 0.388. The summed E-state index contributed by atoms with van der Waals surface area (Å²) in [6.07, 6.45) is 2.60. The molecule has 0 bridgehead atoms. The molecule has 1 rings (SSSR count). The van der Waals surface area contributed by atoms with Crippen LogP contribution in [0.4, 0.5) is 0 Å². The Hall–Kier alpha value is 0.350. The van der Waals surface area contributed by atoms with Gasteiger partial charge in [-0.05, 0) is 18.8 Å². The molecule has 42 valence electrons. The average molecular weight is 116 g/mol. The van der Waals surface area contributed by atoms with E-state index in [1.54, 1.807) is 0 Å². The molecule has 0 aliphatic heterocycles. The molecular weight excluding hydrogens is 104 g/mol. The minimum atomic E-state index is 0.388. The second-order valence-corrected chi connectivity index (χ2v) is 4.09. The van der Waals surface area contributed by atoms with Crippen molar-refractivity contribution < 1.29 is 0 Å². The van der Waals surface area contributed by atoms with Gasteiger partial charge >= 0.3 is 0 Å². The van der Waals surface area contributed by atoms with Crippen LogP contribution in [-0.2, 0) is 0 Å². The Labute approximate surface area is 50.7 Å². The molecule has 1 saturated carbocycles. The monoisotopic (exact) mass is 116 g/mol. The fourth-order valence-corrected chi connectivity index (χ4v) is 2.06. The van der Waals surface area contributed by atoms with Crippen molar-refractivity contribution in [2.75, 3.05) is 0 Å². The van der Waals surface area contributed by atoms with Crippen LogP contribution >= 0.6 is 12.6 Å². The van der Waals surface area contributed by atoms with Crippen LogP contribution in [0.25, 0.3) is 0 Å². The molecule has 0 aromatic heterocycles. The van der Waals surface area contributed by atoms with E-state index in [2.05, 4.69) is 26.5 Å². The van der Waals surface area contributed by atoms with Crippen molar-refractivity contribution in [2.45, 2.75) is 31.4 Å². The molecule has 0 heterocycles. The molecule has 0 N–H and O–H groups in total. The van der Waals surface area contributed by atoms with Gasteiger partial charge in [-0.3, -0.25) is 0 Å². The van der Waals surface area contributed by atoms with Crippen LogP contribution in [0.5, 0.6) is 0 Å². The van der Waals surface area contributed by atoms with Crippen molar-refractivity contribution >= 4 is 12.6 Å². The second kappa shape index (κ2) is 1.41. The molecule has 0 aromatic rings. The first-order valence-electron chi connectivity index (χ1n) is 2.82. The molecule has 0 amide bonds. The number of hydrogen-bond acceptors (Lipinski definition) is 1. The number of hydrogen-bond donors (Lipinski definition) is 1. The summed E-state index contributed by atoms with van der Waals surface area (Å²) in [6, 6.07) is 0. The van der Waals surface area contributed by atoms with Crippen molar-refractivity contribution in [1.82, 2.24) is 0 Å². The standard InChI is InChI=1S/C6H12S/c1-5-3-6(2,7)4-5/h5,7H,3-4H2,1-2H3. The molecule has 1 aliphatic carbocycles. The lowest BCUT2D eigenvalue weighted by Gasteiger charge is -2.39. The maximum atomic E-state index is 4.40. The topological polar surface area (TPSA) is 0 Å². The third-order valence-corrected chi connectivity index (χ3v) is 1.94. The van der Waals surface area contributed by atoms with E-state index in [0.717, 1.165) is 5.92 Å². The van der Waals surface area contributed by atoms with E-state index in [9.17, 15) is 0 Å². The molecule has 1 aliphatic rings. The molecule has 1 heteroatoms. The lowest BCUT2D eigenvalue weighted by atomic mass is 9.76. The Morgan fingerprint density at radius 1 is 1.57 bits per heavy atom. The molecule has 7 heavy (non-hydrogen) atoms. The van der Waals surface area contributed by atoms with Gasteiger partial charge in [-0.2, -0.15) is 12.6 Å². The predicted molar refractivity (Wildman–Crippen MR) is 35.8 cm³/mol. The summed E-state index contributed by atoms with van der Waals surface area (Å²) >= 11 is 4.40. The zero-order chi connectivity index (χ0) is 5.49. The van der Waals surface area contributed by atoms with Crippen LogP contribution in [0.3, 0.4) is 0 Å². The van der Waals surface area contributed by atoms with E-state index in [4.69, 9.17) is 0 Å². The minimum Gasteiger partial charge on any atom is -0.173 e. The first-order valence-corrected chi connectivity index (χ1v) is 3.27. The zero-order valence-electron chi connectivity index (χ0n) is 4.94. The molecule has 0 spiro atoms. The van der Waals surface area contributed by atoms with Crippen LogP contribution in [0, 0.1) is 5.92 Å². The maximum Gasteiger partial charge on any atom is 0.0106 e. The summed E-state index contributed by atoms with van der Waals surface area (Å²) in [7, 11) is 0. The third-order valence-electron chi connectivity index (χ3n) is 1.58. The summed E-state index contributed by atoms with van der Waals surface area (Å²) in [5.41, 5.74) is 0. The Balaban J connectivity index is 2.29. The Kier molecular flexibility index (Phi) is 1.11. The highest BCUT2D eigenvalue weighted by Crippen LogP contribution is 2.41. The maximum absolute atomic E-state index is 4.40. The van der Waals surface area contributed by atoms with Gasteiger partial charge < -0.3 is 0 Å². The van der Waals surface area contributed by atoms with E-state index in [-0.39, 0.29) is 0 Å². The van der Waals surface area contributed by atoms with E-state index in [0.29, 0.717) is 4.75 Å². The smallest absolute Gasteiger partial charge is 0.0106 e. The highest BCUT2D eigenvalue weighted by molar-refractivity contribution is 7.81. The Morgan fingerprint density at radius 3 is 2.00 bits per heavy atom. The van der Waals surface area contributed by atoms with Crippen molar-refractivity contribution in [3.05, 3.63) is 0 Å². The van der Waals surface area contributed by atoms with Crippen molar-refractivity contribution in [3.63, 3.8) is 0 Å². The molecule has 0 saturated heterocycles. The quantitative estimate of drug-likeness (QED) is 0.460. The van der Waals surface area contributed by atoms with Crippen molar-refractivity contribution in [1.29, 1.82) is 0 Å². The van der Waals surface area contributed by atoms with Gasteiger partial charge in [0.2, 0.25) is 0 Å². The van der Waals surface area contributed by atoms with Crippen LogP contribution in [0.1, 0.15) is 26.7 Å². The van der Waals surface area contributed by atoms with E-state index in [1.165, 1.54) is 12.8 Å². The lowest BCUT2D eigenvalue weighted by Crippen LogP contribution is -2.33. The molecule has 0 unspecified atom stereocenters. The molecule has 0 aromatic carbocycles. The minimum absolute atomic E-state index is 0.388. The van der Waals surface area contributed by atoms with Crippen LogP contribution in [0.15, 0.2) is 0 Å². The highest BCUT2D eigenvalue weighted by atomic mass is 32.1. The van der Waals surface area contributed by atoms with Crippen LogP contribution < -0.4 is 0 Å². The Morgan fingerprint density at radius 2 is 2.00 bits per heavy atom. The summed E-state index contributed by atoms with van der Waals surface area (Å²) in [5, 5.41) is 0. The Bertz CT molecular complexity index is 68.2. The van der Waals surface area contributed by atoms with Crippen LogP contribution in [0.2, 0.25) is 0 Å². The SMILES string of the molecule is CC1CC(C)(S)C1. The predicted octanol–water partition coefficient (Wildman–Crippen LogP) is 2.10. The summed E-state index contributed by atoms with van der Waals surface area (Å²) in [4.78, 5) is 0. The van der Waals surface area contributed by atoms with Gasteiger partial charge in [-0.1, -0.05) is 13.8 Å². The number of thiol groups is 1. The van der Waals surface area contributed by atoms with Crippen molar-refractivity contribution in [2.24, 2.45) is 5.92 Å². The van der Waals surface area contributed by atoms with Gasteiger partial charge in [-0.25, -0.2) is 0 Å². The molecule has 1 fully saturated rings. The van der Waals surface area contributed by atoms with Gasteiger partial charge in [0.1, 0.15) is 0 Å². The fraction of sp³-hybridized carbons (Fsp3) is 1.00. The molecule has 0 radical (unpaired) electrons. The highest BCUT2D eigenvalue weighted by Gasteiger charge is 2.33. The summed E-state index contributed by atoms with van der Waals surface area (Å²) in [5.74, 6) is 0.933. The lowest BCUT2D eigenvalue weighted by molar-refractivity contribution is 0.272.